The molecule has 0 N–H and O–H groups in total. The molecule has 0 radical (unpaired) electrons. The molecule has 0 spiro atoms. The summed E-state index contributed by atoms with van der Waals surface area (Å²) in [5, 5.41) is 0.429. The van der Waals surface area contributed by atoms with Gasteiger partial charge in [-0.15, -0.1) is 5.06 Å². The van der Waals surface area contributed by atoms with Gasteiger partial charge in [0.1, 0.15) is 19.8 Å². The maximum atomic E-state index is 11.8. The van der Waals surface area contributed by atoms with E-state index in [-0.39, 0.29) is 65.3 Å². The fraction of sp³-hybridized carbons (Fsp3) is 0.636. The van der Waals surface area contributed by atoms with E-state index in [2.05, 4.69) is 18.0 Å². The van der Waals surface area contributed by atoms with E-state index in [1.54, 1.807) is 7.11 Å². The predicted octanol–water partition coefficient (Wildman–Crippen LogP) is 0.903. The average molecular weight is 488 g/mol. The lowest BCUT2D eigenvalue weighted by molar-refractivity contribution is -0.197. The summed E-state index contributed by atoms with van der Waals surface area (Å²) in [7, 11) is 1.57. The first-order chi connectivity index (χ1) is 16.4. The molecule has 12 heteroatoms. The molecule has 0 aliphatic carbocycles. The Morgan fingerprint density at radius 1 is 0.853 bits per heavy atom. The van der Waals surface area contributed by atoms with Crippen LogP contribution in [0, 0.1) is 5.41 Å². The largest absolute Gasteiger partial charge is 0.501 e. The molecule has 12 nitrogen and oxygen atoms in total. The van der Waals surface area contributed by atoms with Crippen molar-refractivity contribution in [2.45, 2.75) is 25.7 Å². The summed E-state index contributed by atoms with van der Waals surface area (Å²) in [4.78, 5) is 51.1. The topological polar surface area (TPSA) is 136 Å². The lowest BCUT2D eigenvalue weighted by atomic mass is 9.92. The fourth-order valence-corrected chi connectivity index (χ4v) is 2.74. The number of esters is 1. The molecule has 1 aliphatic heterocycles. The number of hydroxylamine groups is 2. The van der Waals surface area contributed by atoms with Crippen LogP contribution in [-0.4, -0.2) is 88.8 Å². The minimum absolute atomic E-state index is 0.00580. The molecule has 0 atom stereocenters. The number of hydrogen-bond acceptors (Lipinski definition) is 11. The Morgan fingerprint density at radius 2 is 1.38 bits per heavy atom. The zero-order valence-corrected chi connectivity index (χ0v) is 19.5. The minimum atomic E-state index is -0.875. The standard InChI is InChI=1S/C22H33NO11/c1-4-29-14-22(15-30-5-2,16-31-11-10-28-3)17-32-12-13-33-20(26)8-9-21(27)34-23-18(24)6-7-19(23)25/h4-5H,1-2,6-17H2,3H3. The molecule has 34 heavy (non-hydrogen) atoms. The molecule has 1 heterocycles. The maximum absolute atomic E-state index is 11.8. The number of rotatable bonds is 20. The SMILES string of the molecule is C=COCC(COC=C)(COCCOC)COCCOC(=O)CCC(=O)ON1C(=O)CCC1=O. The number of carbonyl (C=O) groups excluding carboxylic acids is 4. The monoisotopic (exact) mass is 487 g/mol. The molecule has 1 rings (SSSR count). The molecular formula is C22H33NO11. The van der Waals surface area contributed by atoms with Gasteiger partial charge < -0.3 is 33.3 Å². The highest BCUT2D eigenvalue weighted by atomic mass is 16.7. The van der Waals surface area contributed by atoms with Crippen LogP contribution in [-0.2, 0) is 52.4 Å². The third-order valence-electron chi connectivity index (χ3n) is 4.49. The molecule has 1 saturated heterocycles. The molecule has 0 unspecified atom stereocenters. The van der Waals surface area contributed by atoms with Gasteiger partial charge >= 0.3 is 11.9 Å². The van der Waals surface area contributed by atoms with Crippen LogP contribution in [0.3, 0.4) is 0 Å². The van der Waals surface area contributed by atoms with Crippen molar-refractivity contribution in [3.63, 3.8) is 0 Å². The first-order valence-corrected chi connectivity index (χ1v) is 10.7. The van der Waals surface area contributed by atoms with Crippen LogP contribution in [0.2, 0.25) is 0 Å². The molecular weight excluding hydrogens is 454 g/mol. The highest BCUT2D eigenvalue weighted by molar-refractivity contribution is 6.01. The lowest BCUT2D eigenvalue weighted by Gasteiger charge is -2.31. The zero-order chi connectivity index (χ0) is 25.2. The van der Waals surface area contributed by atoms with Crippen LogP contribution in [0.1, 0.15) is 25.7 Å². The molecule has 192 valence electrons. The summed E-state index contributed by atoms with van der Waals surface area (Å²) in [6.07, 6.45) is 1.99. The number of methoxy groups -OCH3 is 1. The van der Waals surface area contributed by atoms with Crippen molar-refractivity contribution >= 4 is 23.8 Å². The van der Waals surface area contributed by atoms with Crippen LogP contribution in [0.5, 0.6) is 0 Å². The van der Waals surface area contributed by atoms with E-state index in [1.807, 2.05) is 0 Å². The Labute approximate surface area is 198 Å². The van der Waals surface area contributed by atoms with Gasteiger partial charge in [0.05, 0.1) is 63.8 Å². The first kappa shape index (κ1) is 29.1. The minimum Gasteiger partial charge on any atom is -0.501 e. The zero-order valence-electron chi connectivity index (χ0n) is 19.5. The van der Waals surface area contributed by atoms with Gasteiger partial charge in [-0.3, -0.25) is 14.4 Å². The van der Waals surface area contributed by atoms with Crippen molar-refractivity contribution in [1.82, 2.24) is 5.06 Å². The highest BCUT2D eigenvalue weighted by Gasteiger charge is 2.34. The highest BCUT2D eigenvalue weighted by Crippen LogP contribution is 2.21. The maximum Gasteiger partial charge on any atom is 0.333 e. The summed E-state index contributed by atoms with van der Waals surface area (Å²) < 4.78 is 32.0. The smallest absolute Gasteiger partial charge is 0.333 e. The Bertz CT molecular complexity index is 666. The van der Waals surface area contributed by atoms with Gasteiger partial charge in [0.15, 0.2) is 0 Å². The second-order valence-electron chi connectivity index (χ2n) is 7.32. The molecule has 1 aliphatic rings. The summed E-state index contributed by atoms with van der Waals surface area (Å²) >= 11 is 0. The molecule has 0 aromatic rings. The van der Waals surface area contributed by atoms with Crippen molar-refractivity contribution < 1.29 is 52.4 Å². The molecule has 0 aromatic heterocycles. The molecule has 0 bridgehead atoms. The Morgan fingerprint density at radius 3 is 1.91 bits per heavy atom. The number of carbonyl (C=O) groups is 4. The van der Waals surface area contributed by atoms with Crippen LogP contribution < -0.4 is 0 Å². The van der Waals surface area contributed by atoms with E-state index < -0.39 is 29.2 Å². The number of hydrogen-bond donors (Lipinski definition) is 0. The van der Waals surface area contributed by atoms with Crippen molar-refractivity contribution in [2.24, 2.45) is 5.41 Å². The van der Waals surface area contributed by atoms with E-state index in [1.165, 1.54) is 12.5 Å². The Hall–Kier alpha value is -2.96. The Kier molecular flexibility index (Phi) is 14.2. The van der Waals surface area contributed by atoms with Crippen LogP contribution in [0.4, 0.5) is 0 Å². The van der Waals surface area contributed by atoms with Crippen LogP contribution >= 0.6 is 0 Å². The third kappa shape index (κ3) is 11.3. The van der Waals surface area contributed by atoms with E-state index in [4.69, 9.17) is 28.4 Å². The number of imide groups is 1. The van der Waals surface area contributed by atoms with Gasteiger partial charge in [0.25, 0.3) is 11.8 Å². The quantitative estimate of drug-likeness (QED) is 0.105. The van der Waals surface area contributed by atoms with E-state index >= 15 is 0 Å². The van der Waals surface area contributed by atoms with E-state index in [0.29, 0.717) is 18.3 Å². The van der Waals surface area contributed by atoms with Crippen molar-refractivity contribution in [3.8, 4) is 0 Å². The Balaban J connectivity index is 2.36. The molecule has 0 aromatic carbocycles. The van der Waals surface area contributed by atoms with Gasteiger partial charge in [-0.25, -0.2) is 4.79 Å². The molecule has 2 amide bonds. The fourth-order valence-electron chi connectivity index (χ4n) is 2.74. The average Bonchev–Trinajstić information content (AvgIpc) is 3.14. The second kappa shape index (κ2) is 16.6. The summed E-state index contributed by atoms with van der Waals surface area (Å²) in [5.74, 6) is -2.70. The second-order valence-corrected chi connectivity index (χ2v) is 7.32. The normalized spacial score (nSPS) is 13.5. The summed E-state index contributed by atoms with van der Waals surface area (Å²) in [5.41, 5.74) is -0.672. The first-order valence-electron chi connectivity index (χ1n) is 10.7. The number of ether oxygens (including phenoxy) is 6. The van der Waals surface area contributed by atoms with Crippen LogP contribution in [0.15, 0.2) is 25.7 Å². The van der Waals surface area contributed by atoms with Crippen molar-refractivity contribution in [1.29, 1.82) is 0 Å². The van der Waals surface area contributed by atoms with E-state index in [9.17, 15) is 19.2 Å². The van der Waals surface area contributed by atoms with Gasteiger partial charge in [-0.05, 0) is 0 Å². The summed E-state index contributed by atoms with van der Waals surface area (Å²) in [6, 6.07) is 0. The number of nitrogens with zero attached hydrogens (tertiary/aromatic N) is 1. The predicted molar refractivity (Wildman–Crippen MR) is 116 cm³/mol. The summed E-state index contributed by atoms with van der Waals surface area (Å²) in [6.45, 7) is 8.74. The molecule has 0 saturated carbocycles. The van der Waals surface area contributed by atoms with Gasteiger partial charge in [-0.2, -0.15) is 0 Å². The lowest BCUT2D eigenvalue weighted by Crippen LogP contribution is -2.41. The van der Waals surface area contributed by atoms with Crippen LogP contribution in [0.25, 0.3) is 0 Å². The van der Waals surface area contributed by atoms with Gasteiger partial charge in [0.2, 0.25) is 0 Å². The van der Waals surface area contributed by atoms with Gasteiger partial charge in [-0.1, -0.05) is 13.2 Å². The third-order valence-corrected chi connectivity index (χ3v) is 4.49. The number of amides is 2. The van der Waals surface area contributed by atoms with Crippen molar-refractivity contribution in [3.05, 3.63) is 25.7 Å². The van der Waals surface area contributed by atoms with E-state index in [0.717, 1.165) is 0 Å². The van der Waals surface area contributed by atoms with Gasteiger partial charge in [0, 0.05) is 20.0 Å². The van der Waals surface area contributed by atoms with Crippen molar-refractivity contribution in [2.75, 3.05) is 60.0 Å². The molecule has 1 fully saturated rings.